The molecule has 0 spiro atoms. The molecule has 2 aromatic heterocycles. The lowest BCUT2D eigenvalue weighted by Crippen LogP contribution is -2.39. The summed E-state index contributed by atoms with van der Waals surface area (Å²) in [5, 5.41) is 0. The number of hydrogen-bond donors (Lipinski definition) is 0. The average Bonchev–Trinajstić information content (AvgIpc) is 2.70. The Labute approximate surface area is 164 Å². The third kappa shape index (κ3) is 4.34. The Morgan fingerprint density at radius 3 is 2.43 bits per heavy atom. The minimum Gasteiger partial charge on any atom is -0.368 e. The number of aryl methyl sites for hydroxylation is 2. The second-order valence-electron chi connectivity index (χ2n) is 7.15. The van der Waals surface area contributed by atoms with Crippen molar-refractivity contribution in [2.24, 2.45) is 0 Å². The van der Waals surface area contributed by atoms with Crippen molar-refractivity contribution in [2.45, 2.75) is 26.4 Å². The van der Waals surface area contributed by atoms with E-state index in [0.29, 0.717) is 13.2 Å². The normalized spacial score (nSPS) is 17.0. The summed E-state index contributed by atoms with van der Waals surface area (Å²) in [5.74, 6) is 0.530. The van der Waals surface area contributed by atoms with E-state index in [2.05, 4.69) is 25.9 Å². The molecule has 6 heteroatoms. The zero-order chi connectivity index (χ0) is 19.5. The number of ether oxygens (including phenoxy) is 1. The van der Waals surface area contributed by atoms with Gasteiger partial charge in [-0.05, 0) is 55.7 Å². The molecule has 28 heavy (non-hydrogen) atoms. The average molecular weight is 378 g/mol. The molecule has 144 valence electrons. The number of hydrogen-bond acceptors (Lipinski definition) is 5. The molecule has 0 saturated carbocycles. The van der Waals surface area contributed by atoms with Crippen LogP contribution < -0.4 is 4.90 Å². The van der Waals surface area contributed by atoms with Gasteiger partial charge in [-0.3, -0.25) is 4.98 Å². The first-order valence-electron chi connectivity index (χ1n) is 9.45. The predicted molar refractivity (Wildman–Crippen MR) is 106 cm³/mol. The smallest absolute Gasteiger partial charge is 0.225 e. The van der Waals surface area contributed by atoms with Crippen LogP contribution in [0.1, 0.15) is 34.3 Å². The highest BCUT2D eigenvalue weighted by atomic mass is 19.1. The zero-order valence-electron chi connectivity index (χ0n) is 16.1. The number of rotatable bonds is 4. The Hall–Kier alpha value is -2.86. The standard InChI is InChI=1S/C22H23FN4O/c1-15-11-16(2)26-22(25-15)27-9-10-28-21(14-27)20-8-5-18(13-24-20)12-17-3-6-19(23)7-4-17/h3-8,11,13,21H,9-10,12,14H2,1-2H3/t21-/m0/s1. The summed E-state index contributed by atoms with van der Waals surface area (Å²) in [7, 11) is 0. The molecule has 0 radical (unpaired) electrons. The molecule has 0 amide bonds. The van der Waals surface area contributed by atoms with Gasteiger partial charge in [-0.1, -0.05) is 18.2 Å². The minimum atomic E-state index is -0.219. The van der Waals surface area contributed by atoms with E-state index in [9.17, 15) is 4.39 Å². The van der Waals surface area contributed by atoms with Crippen molar-refractivity contribution in [1.82, 2.24) is 15.0 Å². The van der Waals surface area contributed by atoms with Gasteiger partial charge in [0.05, 0.1) is 18.8 Å². The topological polar surface area (TPSA) is 51.1 Å². The molecule has 0 N–H and O–H groups in total. The number of benzene rings is 1. The van der Waals surface area contributed by atoms with E-state index in [4.69, 9.17) is 4.74 Å². The van der Waals surface area contributed by atoms with Crippen LogP contribution in [-0.4, -0.2) is 34.6 Å². The van der Waals surface area contributed by atoms with Crippen molar-refractivity contribution >= 4 is 5.95 Å². The molecule has 1 aliphatic rings. The van der Waals surface area contributed by atoms with Crippen molar-refractivity contribution in [3.63, 3.8) is 0 Å². The summed E-state index contributed by atoms with van der Waals surface area (Å²) < 4.78 is 19.0. The van der Waals surface area contributed by atoms with Crippen molar-refractivity contribution in [3.05, 3.63) is 82.7 Å². The fraction of sp³-hybridized carbons (Fsp3) is 0.318. The summed E-state index contributed by atoms with van der Waals surface area (Å²) in [6, 6.07) is 12.6. The lowest BCUT2D eigenvalue weighted by molar-refractivity contribution is 0.0364. The monoisotopic (exact) mass is 378 g/mol. The first-order chi connectivity index (χ1) is 13.6. The molecule has 3 heterocycles. The van der Waals surface area contributed by atoms with E-state index in [1.807, 2.05) is 32.2 Å². The van der Waals surface area contributed by atoms with Gasteiger partial charge in [0.2, 0.25) is 5.95 Å². The molecule has 5 nitrogen and oxygen atoms in total. The number of anilines is 1. The van der Waals surface area contributed by atoms with Crippen LogP contribution in [0, 0.1) is 19.7 Å². The number of aromatic nitrogens is 3. The van der Waals surface area contributed by atoms with Crippen LogP contribution in [0.15, 0.2) is 48.7 Å². The number of morpholine rings is 1. The maximum Gasteiger partial charge on any atom is 0.225 e. The summed E-state index contributed by atoms with van der Waals surface area (Å²) in [6.45, 7) is 6.02. The molecule has 1 fully saturated rings. The third-order valence-corrected chi connectivity index (χ3v) is 4.82. The van der Waals surface area contributed by atoms with Crippen molar-refractivity contribution in [2.75, 3.05) is 24.6 Å². The van der Waals surface area contributed by atoms with Crippen LogP contribution in [0.3, 0.4) is 0 Å². The van der Waals surface area contributed by atoms with Crippen LogP contribution in [-0.2, 0) is 11.2 Å². The van der Waals surface area contributed by atoms with Gasteiger partial charge < -0.3 is 9.64 Å². The van der Waals surface area contributed by atoms with Crippen LogP contribution in [0.4, 0.5) is 10.3 Å². The molecular formula is C22H23FN4O. The fourth-order valence-electron chi connectivity index (χ4n) is 3.43. The van der Waals surface area contributed by atoms with Crippen LogP contribution >= 0.6 is 0 Å². The van der Waals surface area contributed by atoms with Gasteiger partial charge in [0, 0.05) is 24.1 Å². The number of pyridine rings is 1. The quantitative estimate of drug-likeness (QED) is 0.691. The van der Waals surface area contributed by atoms with Gasteiger partial charge in [0.1, 0.15) is 11.9 Å². The summed E-state index contributed by atoms with van der Waals surface area (Å²) in [6.07, 6.45) is 2.48. The second kappa shape index (κ2) is 8.02. The van der Waals surface area contributed by atoms with Gasteiger partial charge >= 0.3 is 0 Å². The minimum absolute atomic E-state index is 0.113. The molecule has 1 saturated heterocycles. The van der Waals surface area contributed by atoms with E-state index >= 15 is 0 Å². The highest BCUT2D eigenvalue weighted by Crippen LogP contribution is 2.24. The van der Waals surface area contributed by atoms with E-state index < -0.39 is 0 Å². The van der Waals surface area contributed by atoms with Gasteiger partial charge in [-0.15, -0.1) is 0 Å². The highest BCUT2D eigenvalue weighted by Gasteiger charge is 2.25. The number of halogens is 1. The van der Waals surface area contributed by atoms with Crippen molar-refractivity contribution < 1.29 is 9.13 Å². The summed E-state index contributed by atoms with van der Waals surface area (Å²) in [5.41, 5.74) is 4.98. The SMILES string of the molecule is Cc1cc(C)nc(N2CCO[C@H](c3ccc(Cc4ccc(F)cc4)cn3)C2)n1. The van der Waals surface area contributed by atoms with E-state index in [0.717, 1.165) is 47.1 Å². The molecule has 1 aliphatic heterocycles. The zero-order valence-corrected chi connectivity index (χ0v) is 16.1. The summed E-state index contributed by atoms with van der Waals surface area (Å²) >= 11 is 0. The molecule has 0 bridgehead atoms. The first-order valence-corrected chi connectivity index (χ1v) is 9.45. The van der Waals surface area contributed by atoms with E-state index in [-0.39, 0.29) is 11.9 Å². The first kappa shape index (κ1) is 18.5. The molecule has 0 aliphatic carbocycles. The lowest BCUT2D eigenvalue weighted by Gasteiger charge is -2.33. The Bertz CT molecular complexity index is 924. The van der Waals surface area contributed by atoms with Gasteiger partial charge in [0.15, 0.2) is 0 Å². The largest absolute Gasteiger partial charge is 0.368 e. The molecule has 0 unspecified atom stereocenters. The maximum absolute atomic E-state index is 13.0. The molecule has 3 aromatic rings. The molecular weight excluding hydrogens is 355 g/mol. The Kier molecular flexibility index (Phi) is 5.30. The Balaban J connectivity index is 1.45. The third-order valence-electron chi connectivity index (χ3n) is 4.82. The Morgan fingerprint density at radius 2 is 1.75 bits per heavy atom. The molecule has 1 atom stereocenters. The number of nitrogens with zero attached hydrogens (tertiary/aromatic N) is 4. The van der Waals surface area contributed by atoms with Crippen LogP contribution in [0.2, 0.25) is 0 Å². The maximum atomic E-state index is 13.0. The van der Waals surface area contributed by atoms with E-state index in [1.54, 1.807) is 12.1 Å². The predicted octanol–water partition coefficient (Wildman–Crippen LogP) is 3.80. The van der Waals surface area contributed by atoms with Crippen LogP contribution in [0.5, 0.6) is 0 Å². The fourth-order valence-corrected chi connectivity index (χ4v) is 3.43. The van der Waals surface area contributed by atoms with Gasteiger partial charge in [-0.25, -0.2) is 14.4 Å². The summed E-state index contributed by atoms with van der Waals surface area (Å²) in [4.78, 5) is 15.9. The van der Waals surface area contributed by atoms with Gasteiger partial charge in [-0.2, -0.15) is 0 Å². The van der Waals surface area contributed by atoms with Crippen LogP contribution in [0.25, 0.3) is 0 Å². The van der Waals surface area contributed by atoms with Crippen molar-refractivity contribution in [1.29, 1.82) is 0 Å². The molecule has 4 rings (SSSR count). The lowest BCUT2D eigenvalue weighted by atomic mass is 10.1. The Morgan fingerprint density at radius 1 is 1.04 bits per heavy atom. The van der Waals surface area contributed by atoms with Crippen molar-refractivity contribution in [3.8, 4) is 0 Å². The van der Waals surface area contributed by atoms with Gasteiger partial charge in [0.25, 0.3) is 0 Å². The highest BCUT2D eigenvalue weighted by molar-refractivity contribution is 5.34. The van der Waals surface area contributed by atoms with E-state index in [1.165, 1.54) is 12.1 Å². The second-order valence-corrected chi connectivity index (χ2v) is 7.15. The molecule has 1 aromatic carbocycles.